The van der Waals surface area contributed by atoms with Gasteiger partial charge in [-0.05, 0) is 24.8 Å². The molecule has 0 spiro atoms. The SMILES string of the molecule is C=N/C=N\C(N)=C(\C)CN=C(C(=C)c1ccccc1)c1ccccc1. The van der Waals surface area contributed by atoms with Crippen LogP contribution >= 0.6 is 0 Å². The molecule has 0 amide bonds. The van der Waals surface area contributed by atoms with Crippen molar-refractivity contribution in [1.82, 2.24) is 0 Å². The van der Waals surface area contributed by atoms with E-state index in [0.717, 1.165) is 28.0 Å². The van der Waals surface area contributed by atoms with Gasteiger partial charge in [0.2, 0.25) is 0 Å². The molecule has 0 fully saturated rings. The van der Waals surface area contributed by atoms with E-state index < -0.39 is 0 Å². The van der Waals surface area contributed by atoms with E-state index in [1.165, 1.54) is 6.34 Å². The second-order valence-corrected chi connectivity index (χ2v) is 5.47. The van der Waals surface area contributed by atoms with E-state index in [2.05, 4.69) is 23.3 Å². The molecule has 0 radical (unpaired) electrons. The Morgan fingerprint density at radius 3 is 2.12 bits per heavy atom. The average Bonchev–Trinajstić information content (AvgIpc) is 2.67. The molecule has 4 heteroatoms. The van der Waals surface area contributed by atoms with E-state index in [4.69, 9.17) is 10.7 Å². The van der Waals surface area contributed by atoms with Crippen LogP contribution in [0.5, 0.6) is 0 Å². The van der Waals surface area contributed by atoms with Crippen LogP contribution in [-0.2, 0) is 0 Å². The maximum absolute atomic E-state index is 5.92. The summed E-state index contributed by atoms with van der Waals surface area (Å²) < 4.78 is 0. The highest BCUT2D eigenvalue weighted by Gasteiger charge is 2.10. The van der Waals surface area contributed by atoms with Crippen LogP contribution < -0.4 is 5.73 Å². The molecule has 126 valence electrons. The quantitative estimate of drug-likeness (QED) is 0.602. The van der Waals surface area contributed by atoms with Gasteiger partial charge >= 0.3 is 0 Å². The van der Waals surface area contributed by atoms with Crippen molar-refractivity contribution in [3.8, 4) is 0 Å². The van der Waals surface area contributed by atoms with E-state index >= 15 is 0 Å². The van der Waals surface area contributed by atoms with Crippen molar-refractivity contribution < 1.29 is 0 Å². The summed E-state index contributed by atoms with van der Waals surface area (Å²) in [7, 11) is 0. The maximum Gasteiger partial charge on any atom is 0.125 e. The molecule has 0 aliphatic heterocycles. The first-order chi connectivity index (χ1) is 12.1. The molecule has 0 aromatic heterocycles. The molecule has 2 aromatic carbocycles. The summed E-state index contributed by atoms with van der Waals surface area (Å²) in [6, 6.07) is 20.0. The van der Waals surface area contributed by atoms with Crippen LogP contribution in [0, 0.1) is 0 Å². The fourth-order valence-corrected chi connectivity index (χ4v) is 2.22. The van der Waals surface area contributed by atoms with Crippen LogP contribution in [0.25, 0.3) is 5.57 Å². The summed E-state index contributed by atoms with van der Waals surface area (Å²) >= 11 is 0. The standard InChI is InChI=1S/C21H22N4/c1-16(21(22)25-15-23-3)14-24-20(19-12-8-5-9-13-19)17(2)18-10-6-4-7-11-18/h4-13,15H,2-3,14,22H2,1H3/b21-16-,24-20?,25-15-. The lowest BCUT2D eigenvalue weighted by Gasteiger charge is -2.11. The van der Waals surface area contributed by atoms with Crippen LogP contribution in [-0.4, -0.2) is 25.3 Å². The Labute approximate surface area is 148 Å². The third-order valence-electron chi connectivity index (χ3n) is 3.65. The lowest BCUT2D eigenvalue weighted by molar-refractivity contribution is 1.06. The fourth-order valence-electron chi connectivity index (χ4n) is 2.22. The summed E-state index contributed by atoms with van der Waals surface area (Å²) in [6.45, 7) is 9.91. The first-order valence-corrected chi connectivity index (χ1v) is 7.91. The van der Waals surface area contributed by atoms with Crippen LogP contribution in [0.4, 0.5) is 0 Å². The van der Waals surface area contributed by atoms with Gasteiger partial charge in [-0.15, -0.1) is 0 Å². The lowest BCUT2D eigenvalue weighted by Crippen LogP contribution is -2.07. The highest BCUT2D eigenvalue weighted by atomic mass is 14.9. The van der Waals surface area contributed by atoms with Crippen molar-refractivity contribution in [2.75, 3.05) is 6.54 Å². The second-order valence-electron chi connectivity index (χ2n) is 5.47. The van der Waals surface area contributed by atoms with Crippen LogP contribution in [0.15, 0.2) is 93.6 Å². The summed E-state index contributed by atoms with van der Waals surface area (Å²) in [6.07, 6.45) is 1.32. The normalized spacial score (nSPS) is 12.8. The van der Waals surface area contributed by atoms with Crippen molar-refractivity contribution in [1.29, 1.82) is 0 Å². The third kappa shape index (κ3) is 5.11. The molecule has 2 N–H and O–H groups in total. The van der Waals surface area contributed by atoms with Crippen molar-refractivity contribution in [2.45, 2.75) is 6.92 Å². The molecule has 0 heterocycles. The second kappa shape index (κ2) is 9.13. The molecule has 2 aromatic rings. The molecule has 0 saturated heterocycles. The van der Waals surface area contributed by atoms with E-state index in [1.807, 2.05) is 67.6 Å². The van der Waals surface area contributed by atoms with Gasteiger partial charge in [-0.1, -0.05) is 67.2 Å². The number of nitrogens with two attached hydrogens (primary N) is 1. The number of hydrogen-bond donors (Lipinski definition) is 1. The van der Waals surface area contributed by atoms with Gasteiger partial charge in [-0.25, -0.2) is 4.99 Å². The summed E-state index contributed by atoms with van der Waals surface area (Å²) in [4.78, 5) is 12.3. The monoisotopic (exact) mass is 330 g/mol. The minimum Gasteiger partial charge on any atom is -0.384 e. The fraction of sp³-hybridized carbons (Fsp3) is 0.0952. The molecule has 0 aliphatic rings. The Bertz CT molecular complexity index is 815. The largest absolute Gasteiger partial charge is 0.384 e. The van der Waals surface area contributed by atoms with E-state index in [1.54, 1.807) is 0 Å². The van der Waals surface area contributed by atoms with Gasteiger partial charge in [-0.3, -0.25) is 9.98 Å². The average molecular weight is 330 g/mol. The van der Waals surface area contributed by atoms with Gasteiger partial charge < -0.3 is 5.73 Å². The minimum absolute atomic E-state index is 0.397. The number of hydrogen-bond acceptors (Lipinski definition) is 3. The molecule has 0 bridgehead atoms. The molecule has 0 atom stereocenters. The predicted octanol–water partition coefficient (Wildman–Crippen LogP) is 4.11. The number of rotatable bonds is 7. The highest BCUT2D eigenvalue weighted by molar-refractivity contribution is 6.31. The van der Waals surface area contributed by atoms with Gasteiger partial charge in [0.1, 0.15) is 12.2 Å². The molecule has 2 rings (SSSR count). The molecular weight excluding hydrogens is 308 g/mol. The van der Waals surface area contributed by atoms with E-state index in [-0.39, 0.29) is 0 Å². The van der Waals surface area contributed by atoms with Crippen molar-refractivity contribution in [3.05, 3.63) is 89.8 Å². The summed E-state index contributed by atoms with van der Waals surface area (Å²) in [5.41, 5.74) is 10.5. The van der Waals surface area contributed by atoms with Gasteiger partial charge in [0.05, 0.1) is 12.3 Å². The number of benzene rings is 2. The topological polar surface area (TPSA) is 63.1 Å². The smallest absolute Gasteiger partial charge is 0.125 e. The zero-order valence-corrected chi connectivity index (χ0v) is 14.4. The summed E-state index contributed by atoms with van der Waals surface area (Å²) in [5.74, 6) is 0.397. The summed E-state index contributed by atoms with van der Waals surface area (Å²) in [5, 5.41) is 0. The van der Waals surface area contributed by atoms with Gasteiger partial charge in [0.25, 0.3) is 0 Å². The first-order valence-electron chi connectivity index (χ1n) is 7.91. The first kappa shape index (κ1) is 18.1. The molecule has 0 aliphatic carbocycles. The van der Waals surface area contributed by atoms with E-state index in [9.17, 15) is 0 Å². The molecular formula is C21H22N4. The Morgan fingerprint density at radius 1 is 1.00 bits per heavy atom. The molecule has 25 heavy (non-hydrogen) atoms. The highest BCUT2D eigenvalue weighted by Crippen LogP contribution is 2.19. The Kier molecular flexibility index (Phi) is 6.60. The Balaban J connectivity index is 2.37. The molecule has 0 saturated carbocycles. The number of nitrogens with zero attached hydrogens (tertiary/aromatic N) is 3. The number of aliphatic imine (C=N–C) groups is 3. The van der Waals surface area contributed by atoms with Crippen LogP contribution in [0.2, 0.25) is 0 Å². The van der Waals surface area contributed by atoms with E-state index in [0.29, 0.717) is 12.4 Å². The minimum atomic E-state index is 0.397. The van der Waals surface area contributed by atoms with Crippen molar-refractivity contribution in [2.24, 2.45) is 20.7 Å². The van der Waals surface area contributed by atoms with Crippen LogP contribution in [0.1, 0.15) is 18.1 Å². The predicted molar refractivity (Wildman–Crippen MR) is 108 cm³/mol. The maximum atomic E-state index is 5.92. The molecule has 4 nitrogen and oxygen atoms in total. The van der Waals surface area contributed by atoms with Gasteiger partial charge in [0, 0.05) is 11.1 Å². The van der Waals surface area contributed by atoms with Gasteiger partial charge in [0.15, 0.2) is 0 Å². The third-order valence-corrected chi connectivity index (χ3v) is 3.65. The molecule has 0 unspecified atom stereocenters. The Hall–Kier alpha value is -3.27. The van der Waals surface area contributed by atoms with Crippen molar-refractivity contribution in [3.63, 3.8) is 0 Å². The van der Waals surface area contributed by atoms with Crippen molar-refractivity contribution >= 4 is 24.3 Å². The van der Waals surface area contributed by atoms with Gasteiger partial charge in [-0.2, -0.15) is 0 Å². The number of allylic oxidation sites excluding steroid dienone is 1. The lowest BCUT2D eigenvalue weighted by atomic mass is 9.97. The Morgan fingerprint density at radius 2 is 1.56 bits per heavy atom. The zero-order valence-electron chi connectivity index (χ0n) is 14.4. The van der Waals surface area contributed by atoms with Crippen LogP contribution in [0.3, 0.4) is 0 Å². The zero-order chi connectivity index (χ0) is 18.1.